The minimum Gasteiger partial charge on any atom is -0.399 e. The first-order valence-electron chi connectivity index (χ1n) is 7.25. The Labute approximate surface area is 126 Å². The number of carbonyl (C=O) groups excluding carboxylic acids is 2. The summed E-state index contributed by atoms with van der Waals surface area (Å²) in [4.78, 5) is 25.9. The van der Waals surface area contributed by atoms with Gasteiger partial charge in [0.1, 0.15) is 0 Å². The van der Waals surface area contributed by atoms with Crippen molar-refractivity contribution in [3.8, 4) is 0 Å². The first-order valence-corrected chi connectivity index (χ1v) is 7.25. The second-order valence-corrected chi connectivity index (χ2v) is 5.50. The van der Waals surface area contributed by atoms with Crippen molar-refractivity contribution in [2.24, 2.45) is 0 Å². The number of rotatable bonds is 6. The Kier molecular flexibility index (Phi) is 5.76. The molecule has 116 valence electrons. The zero-order valence-corrected chi connectivity index (χ0v) is 13.3. The predicted molar refractivity (Wildman–Crippen MR) is 84.8 cm³/mol. The van der Waals surface area contributed by atoms with Crippen molar-refractivity contribution >= 4 is 17.5 Å². The van der Waals surface area contributed by atoms with Gasteiger partial charge in [-0.25, -0.2) is 0 Å². The second-order valence-electron chi connectivity index (χ2n) is 5.50. The molecule has 0 aliphatic heterocycles. The van der Waals surface area contributed by atoms with Crippen LogP contribution in [0.15, 0.2) is 24.3 Å². The second kappa shape index (κ2) is 7.11. The van der Waals surface area contributed by atoms with Crippen molar-refractivity contribution in [1.82, 2.24) is 10.2 Å². The molecule has 5 nitrogen and oxygen atoms in total. The highest BCUT2D eigenvalue weighted by Crippen LogP contribution is 2.24. The fourth-order valence-corrected chi connectivity index (χ4v) is 2.10. The lowest BCUT2D eigenvalue weighted by atomic mass is 9.83. The molecule has 0 bridgehead atoms. The Bertz CT molecular complexity index is 491. The summed E-state index contributed by atoms with van der Waals surface area (Å²) in [5, 5.41) is 2.72. The van der Waals surface area contributed by atoms with Gasteiger partial charge in [0.25, 0.3) is 0 Å². The number of hydrogen-bond acceptors (Lipinski definition) is 3. The van der Waals surface area contributed by atoms with E-state index in [4.69, 9.17) is 5.73 Å². The van der Waals surface area contributed by atoms with E-state index in [1.165, 1.54) is 0 Å². The zero-order chi connectivity index (χ0) is 16.0. The summed E-state index contributed by atoms with van der Waals surface area (Å²) >= 11 is 0. The van der Waals surface area contributed by atoms with E-state index in [9.17, 15) is 9.59 Å². The fraction of sp³-hybridized carbons (Fsp3) is 0.500. The molecule has 0 aliphatic rings. The molecule has 0 spiro atoms. The number of nitrogens with zero attached hydrogens (tertiary/aromatic N) is 1. The summed E-state index contributed by atoms with van der Waals surface area (Å²) in [5.41, 5.74) is 6.47. The molecular weight excluding hydrogens is 266 g/mol. The molecule has 0 atom stereocenters. The van der Waals surface area contributed by atoms with Crippen LogP contribution in [0.1, 0.15) is 33.3 Å². The maximum atomic E-state index is 12.3. The smallest absolute Gasteiger partial charge is 0.241 e. The molecule has 21 heavy (non-hydrogen) atoms. The number of anilines is 1. The quantitative estimate of drug-likeness (QED) is 0.780. The van der Waals surface area contributed by atoms with E-state index in [1.807, 2.05) is 39.8 Å². The van der Waals surface area contributed by atoms with Crippen LogP contribution >= 0.6 is 0 Å². The maximum Gasteiger partial charge on any atom is 0.241 e. The SMILES string of the molecule is CCN(CC)C(=O)CNC(=O)C(C)(C)c1ccc(N)cc1. The number of carbonyl (C=O) groups is 2. The normalized spacial score (nSPS) is 11.0. The summed E-state index contributed by atoms with van der Waals surface area (Å²) < 4.78 is 0. The molecule has 0 heterocycles. The number of benzene rings is 1. The van der Waals surface area contributed by atoms with Crippen LogP contribution in [0.3, 0.4) is 0 Å². The third kappa shape index (κ3) is 4.21. The highest BCUT2D eigenvalue weighted by molar-refractivity contribution is 5.91. The molecule has 0 aliphatic carbocycles. The molecule has 2 amide bonds. The lowest BCUT2D eigenvalue weighted by Crippen LogP contribution is -2.45. The molecule has 1 rings (SSSR count). The highest BCUT2D eigenvalue weighted by atomic mass is 16.2. The maximum absolute atomic E-state index is 12.3. The predicted octanol–water partition coefficient (Wildman–Crippen LogP) is 1.53. The number of nitrogen functional groups attached to an aromatic ring is 1. The van der Waals surface area contributed by atoms with Gasteiger partial charge in [0.2, 0.25) is 11.8 Å². The average molecular weight is 291 g/mol. The topological polar surface area (TPSA) is 75.4 Å². The third-order valence-electron chi connectivity index (χ3n) is 3.72. The number of likely N-dealkylation sites (N-methyl/N-ethyl adjacent to an activating group) is 1. The van der Waals surface area contributed by atoms with Crippen molar-refractivity contribution < 1.29 is 9.59 Å². The molecule has 0 radical (unpaired) electrons. The molecular formula is C16H25N3O2. The molecule has 1 aromatic carbocycles. The van der Waals surface area contributed by atoms with E-state index in [2.05, 4.69) is 5.32 Å². The van der Waals surface area contributed by atoms with Crippen molar-refractivity contribution in [1.29, 1.82) is 0 Å². The Hall–Kier alpha value is -2.04. The van der Waals surface area contributed by atoms with E-state index in [1.54, 1.807) is 17.0 Å². The van der Waals surface area contributed by atoms with Gasteiger partial charge in [-0.3, -0.25) is 9.59 Å². The van der Waals surface area contributed by atoms with Crippen LogP contribution in [0.2, 0.25) is 0 Å². The lowest BCUT2D eigenvalue weighted by Gasteiger charge is -2.25. The summed E-state index contributed by atoms with van der Waals surface area (Å²) in [6.45, 7) is 8.81. The van der Waals surface area contributed by atoms with Gasteiger partial charge in [-0.1, -0.05) is 12.1 Å². The fourth-order valence-electron chi connectivity index (χ4n) is 2.10. The van der Waals surface area contributed by atoms with E-state index >= 15 is 0 Å². The first-order chi connectivity index (χ1) is 9.82. The summed E-state index contributed by atoms with van der Waals surface area (Å²) in [6, 6.07) is 7.21. The summed E-state index contributed by atoms with van der Waals surface area (Å²) in [7, 11) is 0. The van der Waals surface area contributed by atoms with Crippen LogP contribution in [0.5, 0.6) is 0 Å². The number of nitrogens with two attached hydrogens (primary N) is 1. The molecule has 0 saturated carbocycles. The average Bonchev–Trinajstić information content (AvgIpc) is 2.46. The standard InChI is InChI=1S/C16H25N3O2/c1-5-19(6-2)14(20)11-18-15(21)16(3,4)12-7-9-13(17)10-8-12/h7-10H,5-6,11,17H2,1-4H3,(H,18,21). The van der Waals surface area contributed by atoms with E-state index in [-0.39, 0.29) is 18.4 Å². The Morgan fingerprint density at radius 2 is 1.67 bits per heavy atom. The number of amides is 2. The van der Waals surface area contributed by atoms with Gasteiger partial charge in [0.15, 0.2) is 0 Å². The molecule has 1 aromatic rings. The van der Waals surface area contributed by atoms with Gasteiger partial charge < -0.3 is 16.0 Å². The van der Waals surface area contributed by atoms with Gasteiger partial charge in [-0.2, -0.15) is 0 Å². The van der Waals surface area contributed by atoms with Crippen molar-refractivity contribution in [2.45, 2.75) is 33.1 Å². The largest absolute Gasteiger partial charge is 0.399 e. The minimum atomic E-state index is -0.711. The first kappa shape index (κ1) is 17.0. The Morgan fingerprint density at radius 3 is 2.14 bits per heavy atom. The molecule has 3 N–H and O–H groups in total. The number of nitrogens with one attached hydrogen (secondary N) is 1. The van der Waals surface area contributed by atoms with Gasteiger partial charge in [0, 0.05) is 18.8 Å². The molecule has 5 heteroatoms. The zero-order valence-electron chi connectivity index (χ0n) is 13.3. The van der Waals surface area contributed by atoms with Crippen LogP contribution in [0, 0.1) is 0 Å². The summed E-state index contributed by atoms with van der Waals surface area (Å²) in [6.07, 6.45) is 0. The lowest BCUT2D eigenvalue weighted by molar-refractivity contribution is -0.133. The van der Waals surface area contributed by atoms with Gasteiger partial charge in [0.05, 0.1) is 12.0 Å². The third-order valence-corrected chi connectivity index (χ3v) is 3.72. The Balaban J connectivity index is 2.69. The monoisotopic (exact) mass is 291 g/mol. The van der Waals surface area contributed by atoms with Crippen LogP contribution in [0.4, 0.5) is 5.69 Å². The van der Waals surface area contributed by atoms with E-state index < -0.39 is 5.41 Å². The van der Waals surface area contributed by atoms with Crippen molar-refractivity contribution in [3.05, 3.63) is 29.8 Å². The molecule has 0 fully saturated rings. The van der Waals surface area contributed by atoms with Gasteiger partial charge in [-0.15, -0.1) is 0 Å². The number of hydrogen-bond donors (Lipinski definition) is 2. The van der Waals surface area contributed by atoms with E-state index in [0.29, 0.717) is 18.8 Å². The molecule has 0 unspecified atom stereocenters. The Morgan fingerprint density at radius 1 is 1.14 bits per heavy atom. The van der Waals surface area contributed by atoms with Crippen LogP contribution in [0.25, 0.3) is 0 Å². The van der Waals surface area contributed by atoms with Gasteiger partial charge >= 0.3 is 0 Å². The van der Waals surface area contributed by atoms with E-state index in [0.717, 1.165) is 5.56 Å². The van der Waals surface area contributed by atoms with Crippen molar-refractivity contribution in [3.63, 3.8) is 0 Å². The minimum absolute atomic E-state index is 0.0267. The summed E-state index contributed by atoms with van der Waals surface area (Å²) in [5.74, 6) is -0.241. The van der Waals surface area contributed by atoms with Crippen LogP contribution in [-0.2, 0) is 15.0 Å². The highest BCUT2D eigenvalue weighted by Gasteiger charge is 2.30. The van der Waals surface area contributed by atoms with Crippen LogP contribution < -0.4 is 11.1 Å². The van der Waals surface area contributed by atoms with Crippen LogP contribution in [-0.4, -0.2) is 36.3 Å². The molecule has 0 saturated heterocycles. The molecule has 0 aromatic heterocycles. The van der Waals surface area contributed by atoms with Crippen molar-refractivity contribution in [2.75, 3.05) is 25.4 Å². The van der Waals surface area contributed by atoms with Gasteiger partial charge in [-0.05, 0) is 45.4 Å².